The third-order valence-electron chi connectivity index (χ3n) is 7.41. The van der Waals surface area contributed by atoms with E-state index in [1.165, 1.54) is 7.11 Å². The number of fused-ring (bicyclic) bond motifs is 3. The molecule has 6 rings (SSSR count). The van der Waals surface area contributed by atoms with E-state index in [9.17, 15) is 9.59 Å². The number of methoxy groups -OCH3 is 2. The van der Waals surface area contributed by atoms with E-state index in [1.807, 2.05) is 23.2 Å². The summed E-state index contributed by atoms with van der Waals surface area (Å²) in [4.78, 5) is 37.6. The summed E-state index contributed by atoms with van der Waals surface area (Å²) in [5, 5.41) is 0.445. The maximum Gasteiger partial charge on any atom is 0.266 e. The van der Waals surface area contributed by atoms with Crippen LogP contribution in [0.2, 0.25) is 0 Å². The molecule has 1 amide bonds. The Bertz CT molecular complexity index is 1710. The highest BCUT2D eigenvalue weighted by Gasteiger charge is 2.32. The van der Waals surface area contributed by atoms with Crippen molar-refractivity contribution in [2.45, 2.75) is 25.8 Å². The highest BCUT2D eigenvalue weighted by Crippen LogP contribution is 2.38. The lowest BCUT2D eigenvalue weighted by atomic mass is 10.1. The molecule has 10 nitrogen and oxygen atoms in total. The number of rotatable bonds is 8. The van der Waals surface area contributed by atoms with Crippen LogP contribution >= 0.6 is 0 Å². The van der Waals surface area contributed by atoms with Crippen LogP contribution in [-0.2, 0) is 0 Å². The average Bonchev–Trinajstić information content (AvgIpc) is 3.42. The minimum absolute atomic E-state index is 0.0278. The molecule has 4 aromatic rings. The molecule has 1 fully saturated rings. The normalized spacial score (nSPS) is 15.8. The maximum atomic E-state index is 13.4. The molecule has 3 heterocycles. The average molecular weight is 555 g/mol. The largest absolute Gasteiger partial charge is 0.497 e. The molecule has 1 saturated heterocycles. The lowest BCUT2D eigenvalue weighted by Gasteiger charge is -2.20. The fourth-order valence-electron chi connectivity index (χ4n) is 5.33. The van der Waals surface area contributed by atoms with Gasteiger partial charge < -0.3 is 23.8 Å². The van der Waals surface area contributed by atoms with Crippen molar-refractivity contribution >= 4 is 28.7 Å². The Balaban J connectivity index is 1.17. The molecule has 10 heteroatoms. The van der Waals surface area contributed by atoms with Gasteiger partial charge in [-0.25, -0.2) is 4.98 Å². The number of carbonyl (C=O) groups is 1. The number of amides is 1. The smallest absolute Gasteiger partial charge is 0.266 e. The minimum atomic E-state index is -0.190. The van der Waals surface area contributed by atoms with Gasteiger partial charge in [-0.15, -0.1) is 0 Å². The second kappa shape index (κ2) is 11.0. The molecule has 210 valence electrons. The van der Waals surface area contributed by atoms with Gasteiger partial charge in [0.1, 0.15) is 30.5 Å². The first-order valence-electron chi connectivity index (χ1n) is 13.5. The van der Waals surface area contributed by atoms with Gasteiger partial charge in [0.15, 0.2) is 11.5 Å². The van der Waals surface area contributed by atoms with Gasteiger partial charge in [0, 0.05) is 18.8 Å². The fraction of sp³-hybridized carbons (Fsp3) is 0.290. The van der Waals surface area contributed by atoms with Gasteiger partial charge in [0.25, 0.3) is 11.5 Å². The molecule has 41 heavy (non-hydrogen) atoms. The van der Waals surface area contributed by atoms with Crippen molar-refractivity contribution in [3.05, 3.63) is 76.3 Å². The van der Waals surface area contributed by atoms with Crippen molar-refractivity contribution in [3.63, 3.8) is 0 Å². The number of nitrogens with zero attached hydrogens (tertiary/aromatic N) is 4. The van der Waals surface area contributed by atoms with E-state index < -0.39 is 0 Å². The Morgan fingerprint density at radius 1 is 0.902 bits per heavy atom. The predicted molar refractivity (Wildman–Crippen MR) is 155 cm³/mol. The van der Waals surface area contributed by atoms with Crippen LogP contribution in [0.15, 0.2) is 64.4 Å². The zero-order valence-corrected chi connectivity index (χ0v) is 23.1. The summed E-state index contributed by atoms with van der Waals surface area (Å²) in [6.45, 7) is 2.96. The standard InChI is InChI=1S/C31H30N4O6/c1-19-33-26-11-10-23(15-24(26)31(37)35(19)20-6-8-22(38-2)9-7-20)40-13-14-41-29-17-27-25(16-28(29)39-3)30(36)34-12-4-5-21(34)18-32-27/h6-11,15-18,21H,4-5,12-14H2,1-3H3/t21-/m0/s1. The molecule has 0 spiro atoms. The van der Waals surface area contributed by atoms with Crippen LogP contribution < -0.4 is 24.5 Å². The zero-order valence-electron chi connectivity index (χ0n) is 23.1. The Kier molecular flexibility index (Phi) is 7.05. The summed E-state index contributed by atoms with van der Waals surface area (Å²) in [6.07, 6.45) is 3.73. The van der Waals surface area contributed by atoms with E-state index in [0.717, 1.165) is 19.4 Å². The number of benzene rings is 3. The molecular weight excluding hydrogens is 524 g/mol. The summed E-state index contributed by atoms with van der Waals surface area (Å²) in [7, 11) is 3.14. The molecule has 0 saturated carbocycles. The Hall–Kier alpha value is -4.86. The number of ether oxygens (including phenoxy) is 4. The van der Waals surface area contributed by atoms with Crippen LogP contribution in [0.3, 0.4) is 0 Å². The lowest BCUT2D eigenvalue weighted by molar-refractivity contribution is 0.0774. The molecule has 3 aromatic carbocycles. The summed E-state index contributed by atoms with van der Waals surface area (Å²) in [5.74, 6) is 2.70. The fourth-order valence-corrected chi connectivity index (χ4v) is 5.33. The van der Waals surface area contributed by atoms with Crippen LogP contribution in [-0.4, -0.2) is 66.6 Å². The predicted octanol–water partition coefficient (Wildman–Crippen LogP) is 4.49. The van der Waals surface area contributed by atoms with Crippen LogP contribution in [0.1, 0.15) is 29.0 Å². The van der Waals surface area contributed by atoms with Crippen LogP contribution in [0.4, 0.5) is 5.69 Å². The van der Waals surface area contributed by atoms with E-state index in [2.05, 4.69) is 9.98 Å². The SMILES string of the molecule is COc1ccc(-n2c(C)nc3ccc(OCCOc4cc5c(cc4OC)C(=O)N4CCC[C@H]4C=N5)cc3c2=O)cc1. The Morgan fingerprint density at radius 2 is 1.68 bits per heavy atom. The van der Waals surface area contributed by atoms with Gasteiger partial charge in [-0.3, -0.25) is 19.1 Å². The van der Waals surface area contributed by atoms with E-state index >= 15 is 0 Å². The quantitative estimate of drug-likeness (QED) is 0.296. The van der Waals surface area contributed by atoms with Gasteiger partial charge in [-0.1, -0.05) is 0 Å². The van der Waals surface area contributed by atoms with Crippen molar-refractivity contribution in [3.8, 4) is 28.7 Å². The van der Waals surface area contributed by atoms with Crippen molar-refractivity contribution in [1.29, 1.82) is 0 Å². The number of carbonyl (C=O) groups excluding carboxylic acids is 1. The van der Waals surface area contributed by atoms with Crippen molar-refractivity contribution in [2.24, 2.45) is 4.99 Å². The molecular formula is C31H30N4O6. The molecule has 0 N–H and O–H groups in total. The third kappa shape index (κ3) is 4.97. The van der Waals surface area contributed by atoms with Gasteiger partial charge in [0.2, 0.25) is 0 Å². The zero-order chi connectivity index (χ0) is 28.5. The molecule has 2 aliphatic heterocycles. The molecule has 0 unspecified atom stereocenters. The van der Waals surface area contributed by atoms with Crippen LogP contribution in [0.5, 0.6) is 23.0 Å². The van der Waals surface area contributed by atoms with Crippen molar-refractivity contribution in [1.82, 2.24) is 14.5 Å². The van der Waals surface area contributed by atoms with Gasteiger partial charge >= 0.3 is 0 Å². The Labute approximate surface area is 236 Å². The molecule has 0 radical (unpaired) electrons. The highest BCUT2D eigenvalue weighted by molar-refractivity contribution is 6.03. The van der Waals surface area contributed by atoms with Gasteiger partial charge in [-0.05, 0) is 68.3 Å². The van der Waals surface area contributed by atoms with Crippen LogP contribution in [0, 0.1) is 6.92 Å². The monoisotopic (exact) mass is 554 g/mol. The highest BCUT2D eigenvalue weighted by atomic mass is 16.5. The Morgan fingerprint density at radius 3 is 2.46 bits per heavy atom. The minimum Gasteiger partial charge on any atom is -0.497 e. The molecule has 1 atom stereocenters. The molecule has 1 aromatic heterocycles. The second-order valence-electron chi connectivity index (χ2n) is 9.88. The van der Waals surface area contributed by atoms with Gasteiger partial charge in [0.05, 0.1) is 48.1 Å². The topological polar surface area (TPSA) is 104 Å². The lowest BCUT2D eigenvalue weighted by Crippen LogP contribution is -2.35. The van der Waals surface area contributed by atoms with Crippen LogP contribution in [0.25, 0.3) is 16.6 Å². The van der Waals surface area contributed by atoms with Gasteiger partial charge in [-0.2, -0.15) is 0 Å². The number of aryl methyl sites for hydroxylation is 1. The van der Waals surface area contributed by atoms with E-state index in [4.69, 9.17) is 18.9 Å². The molecule has 2 aliphatic rings. The van der Waals surface area contributed by atoms with E-state index in [1.54, 1.807) is 61.1 Å². The first kappa shape index (κ1) is 26.4. The molecule has 0 aliphatic carbocycles. The summed E-state index contributed by atoms with van der Waals surface area (Å²) in [6, 6.07) is 15.9. The second-order valence-corrected chi connectivity index (χ2v) is 9.88. The summed E-state index contributed by atoms with van der Waals surface area (Å²) >= 11 is 0. The first-order valence-corrected chi connectivity index (χ1v) is 13.5. The number of aliphatic imine (C=N–C) groups is 1. The van der Waals surface area contributed by atoms with Crippen molar-refractivity contribution < 1.29 is 23.7 Å². The summed E-state index contributed by atoms with van der Waals surface area (Å²) in [5.41, 5.74) is 2.16. The van der Waals surface area contributed by atoms with Crippen molar-refractivity contribution in [2.75, 3.05) is 34.0 Å². The number of hydrogen-bond donors (Lipinski definition) is 0. The maximum absolute atomic E-state index is 13.4. The molecule has 0 bridgehead atoms. The number of hydrogen-bond acceptors (Lipinski definition) is 8. The van der Waals surface area contributed by atoms with E-state index in [-0.39, 0.29) is 30.7 Å². The summed E-state index contributed by atoms with van der Waals surface area (Å²) < 4.78 is 24.2. The number of aromatic nitrogens is 2. The first-order chi connectivity index (χ1) is 20.0. The van der Waals surface area contributed by atoms with E-state index in [0.29, 0.717) is 56.7 Å². The third-order valence-corrected chi connectivity index (χ3v) is 7.41.